The monoisotopic (exact) mass is 233 g/mol. The Bertz CT molecular complexity index is 423. The molecule has 0 fully saturated rings. The second-order valence-electron chi connectivity index (χ2n) is 3.63. The second kappa shape index (κ2) is 5.96. The maximum atomic E-state index is 10.5. The van der Waals surface area contributed by atoms with Crippen molar-refractivity contribution in [3.63, 3.8) is 0 Å². The topological polar surface area (TPSA) is 63.4 Å². The SMILES string of the molecule is C=CC(/C=C/C)C(O)c1ccc([N+](=O)[O-])cc1. The Morgan fingerprint density at radius 3 is 2.41 bits per heavy atom. The molecule has 0 bridgehead atoms. The minimum Gasteiger partial charge on any atom is -0.387 e. The Morgan fingerprint density at radius 1 is 1.41 bits per heavy atom. The molecule has 4 nitrogen and oxygen atoms in total. The molecule has 4 heteroatoms. The highest BCUT2D eigenvalue weighted by Gasteiger charge is 2.16. The van der Waals surface area contributed by atoms with Crippen LogP contribution in [0.5, 0.6) is 0 Å². The molecule has 0 amide bonds. The number of hydrogen-bond acceptors (Lipinski definition) is 3. The molecule has 1 rings (SSSR count). The van der Waals surface area contributed by atoms with Crippen molar-refractivity contribution in [1.29, 1.82) is 0 Å². The molecule has 1 aromatic carbocycles. The van der Waals surface area contributed by atoms with E-state index in [1.54, 1.807) is 18.2 Å². The molecule has 0 spiro atoms. The van der Waals surface area contributed by atoms with E-state index < -0.39 is 11.0 Å². The summed E-state index contributed by atoms with van der Waals surface area (Å²) < 4.78 is 0. The zero-order valence-electron chi connectivity index (χ0n) is 9.61. The smallest absolute Gasteiger partial charge is 0.269 e. The molecule has 17 heavy (non-hydrogen) atoms. The van der Waals surface area contributed by atoms with Gasteiger partial charge in [0.2, 0.25) is 0 Å². The first-order valence-corrected chi connectivity index (χ1v) is 5.28. The fourth-order valence-corrected chi connectivity index (χ4v) is 1.55. The Morgan fingerprint density at radius 2 is 2.00 bits per heavy atom. The van der Waals surface area contributed by atoms with Gasteiger partial charge in [0.25, 0.3) is 5.69 Å². The van der Waals surface area contributed by atoms with E-state index in [2.05, 4.69) is 6.58 Å². The van der Waals surface area contributed by atoms with E-state index in [4.69, 9.17) is 0 Å². The van der Waals surface area contributed by atoms with Crippen molar-refractivity contribution in [1.82, 2.24) is 0 Å². The van der Waals surface area contributed by atoms with E-state index >= 15 is 0 Å². The van der Waals surface area contributed by atoms with Gasteiger partial charge in [-0.05, 0) is 24.6 Å². The van der Waals surface area contributed by atoms with Crippen molar-refractivity contribution in [3.05, 3.63) is 64.8 Å². The summed E-state index contributed by atoms with van der Waals surface area (Å²) in [6.45, 7) is 5.51. The van der Waals surface area contributed by atoms with Crippen LogP contribution in [0.4, 0.5) is 5.69 Å². The lowest BCUT2D eigenvalue weighted by molar-refractivity contribution is -0.384. The number of nitrogens with zero attached hydrogens (tertiary/aromatic N) is 1. The van der Waals surface area contributed by atoms with E-state index in [0.717, 1.165) is 0 Å². The van der Waals surface area contributed by atoms with E-state index in [-0.39, 0.29) is 11.6 Å². The number of non-ortho nitro benzene ring substituents is 1. The molecule has 0 saturated carbocycles. The average molecular weight is 233 g/mol. The van der Waals surface area contributed by atoms with Crippen LogP contribution >= 0.6 is 0 Å². The van der Waals surface area contributed by atoms with Crippen LogP contribution in [0, 0.1) is 16.0 Å². The quantitative estimate of drug-likeness (QED) is 0.483. The van der Waals surface area contributed by atoms with Gasteiger partial charge in [-0.3, -0.25) is 10.1 Å². The molecule has 0 saturated heterocycles. The van der Waals surface area contributed by atoms with Crippen LogP contribution in [-0.2, 0) is 0 Å². The molecular formula is C13H15NO3. The Kier molecular flexibility index (Phi) is 4.60. The largest absolute Gasteiger partial charge is 0.387 e. The van der Waals surface area contributed by atoms with Crippen molar-refractivity contribution < 1.29 is 10.0 Å². The van der Waals surface area contributed by atoms with Gasteiger partial charge in [-0.15, -0.1) is 6.58 Å². The van der Waals surface area contributed by atoms with Crippen molar-refractivity contribution in [2.24, 2.45) is 5.92 Å². The van der Waals surface area contributed by atoms with Gasteiger partial charge in [0.05, 0.1) is 11.0 Å². The number of rotatable bonds is 5. The first-order valence-electron chi connectivity index (χ1n) is 5.28. The number of aliphatic hydroxyl groups excluding tert-OH is 1. The summed E-state index contributed by atoms with van der Waals surface area (Å²) in [6, 6.07) is 5.88. The van der Waals surface area contributed by atoms with E-state index in [1.165, 1.54) is 12.1 Å². The minimum absolute atomic E-state index is 0.0159. The van der Waals surface area contributed by atoms with E-state index in [0.29, 0.717) is 5.56 Å². The lowest BCUT2D eigenvalue weighted by Crippen LogP contribution is -2.07. The van der Waals surface area contributed by atoms with E-state index in [1.807, 2.05) is 19.1 Å². The molecule has 1 N–H and O–H groups in total. The Hall–Kier alpha value is -1.94. The van der Waals surface area contributed by atoms with Crippen molar-refractivity contribution in [2.45, 2.75) is 13.0 Å². The molecule has 2 atom stereocenters. The molecule has 0 aliphatic carbocycles. The van der Waals surface area contributed by atoms with Gasteiger partial charge in [0, 0.05) is 18.1 Å². The number of nitro benzene ring substituents is 1. The molecule has 90 valence electrons. The number of benzene rings is 1. The molecule has 0 aliphatic rings. The molecule has 0 heterocycles. The summed E-state index contributed by atoms with van der Waals surface area (Å²) in [5, 5.41) is 20.5. The van der Waals surface area contributed by atoms with Crippen LogP contribution in [0.15, 0.2) is 49.1 Å². The van der Waals surface area contributed by atoms with Crippen LogP contribution in [-0.4, -0.2) is 10.0 Å². The third-order valence-electron chi connectivity index (χ3n) is 2.50. The van der Waals surface area contributed by atoms with Crippen molar-refractivity contribution in [2.75, 3.05) is 0 Å². The fraction of sp³-hybridized carbons (Fsp3) is 0.231. The third kappa shape index (κ3) is 3.26. The molecule has 0 aliphatic heterocycles. The standard InChI is InChI=1S/C13H15NO3/c1-3-5-10(4-2)13(15)11-6-8-12(9-7-11)14(16)17/h3-10,13,15H,2H2,1H3/b5-3+. The second-order valence-corrected chi connectivity index (χ2v) is 3.63. The van der Waals surface area contributed by atoms with Crippen LogP contribution in [0.1, 0.15) is 18.6 Å². The number of hydrogen-bond donors (Lipinski definition) is 1. The molecule has 1 aromatic rings. The molecular weight excluding hydrogens is 218 g/mol. The Balaban J connectivity index is 2.92. The van der Waals surface area contributed by atoms with Crippen molar-refractivity contribution in [3.8, 4) is 0 Å². The first-order chi connectivity index (χ1) is 8.10. The van der Waals surface area contributed by atoms with Gasteiger partial charge in [0.1, 0.15) is 0 Å². The average Bonchev–Trinajstić information content (AvgIpc) is 2.35. The summed E-state index contributed by atoms with van der Waals surface area (Å²) in [5.41, 5.74) is 0.653. The van der Waals surface area contributed by atoms with Crippen LogP contribution < -0.4 is 0 Å². The van der Waals surface area contributed by atoms with Crippen LogP contribution in [0.2, 0.25) is 0 Å². The zero-order valence-corrected chi connectivity index (χ0v) is 9.61. The summed E-state index contributed by atoms with van der Waals surface area (Å²) in [6.07, 6.45) is 4.58. The predicted molar refractivity (Wildman–Crippen MR) is 66.6 cm³/mol. The third-order valence-corrected chi connectivity index (χ3v) is 2.50. The summed E-state index contributed by atoms with van der Waals surface area (Å²) >= 11 is 0. The van der Waals surface area contributed by atoms with Crippen LogP contribution in [0.3, 0.4) is 0 Å². The first kappa shape index (κ1) is 13.1. The summed E-state index contributed by atoms with van der Waals surface area (Å²) in [7, 11) is 0. The highest BCUT2D eigenvalue weighted by Crippen LogP contribution is 2.25. The molecule has 0 radical (unpaired) electrons. The maximum Gasteiger partial charge on any atom is 0.269 e. The lowest BCUT2D eigenvalue weighted by Gasteiger charge is -2.16. The summed E-state index contributed by atoms with van der Waals surface area (Å²) in [4.78, 5) is 10.0. The van der Waals surface area contributed by atoms with Crippen molar-refractivity contribution >= 4 is 5.69 Å². The highest BCUT2D eigenvalue weighted by atomic mass is 16.6. The highest BCUT2D eigenvalue weighted by molar-refractivity contribution is 5.34. The summed E-state index contributed by atoms with van der Waals surface area (Å²) in [5.74, 6) is -0.193. The lowest BCUT2D eigenvalue weighted by atomic mass is 9.95. The molecule has 2 unspecified atom stereocenters. The number of allylic oxidation sites excluding steroid dienone is 1. The fourth-order valence-electron chi connectivity index (χ4n) is 1.55. The van der Waals surface area contributed by atoms with Gasteiger partial charge >= 0.3 is 0 Å². The Labute approximate surface area is 100 Å². The predicted octanol–water partition coefficient (Wildman–Crippen LogP) is 3.01. The van der Waals surface area contributed by atoms with E-state index in [9.17, 15) is 15.2 Å². The van der Waals surface area contributed by atoms with Crippen LogP contribution in [0.25, 0.3) is 0 Å². The van der Waals surface area contributed by atoms with Gasteiger partial charge < -0.3 is 5.11 Å². The number of aliphatic hydroxyl groups is 1. The maximum absolute atomic E-state index is 10.5. The zero-order chi connectivity index (χ0) is 12.8. The minimum atomic E-state index is -0.732. The molecule has 0 aromatic heterocycles. The van der Waals surface area contributed by atoms with Gasteiger partial charge in [-0.25, -0.2) is 0 Å². The van der Waals surface area contributed by atoms with Gasteiger partial charge in [-0.2, -0.15) is 0 Å². The number of nitro groups is 1. The van der Waals surface area contributed by atoms with Gasteiger partial charge in [-0.1, -0.05) is 18.2 Å². The van der Waals surface area contributed by atoms with Gasteiger partial charge in [0.15, 0.2) is 0 Å². The normalized spacial score (nSPS) is 14.5.